The van der Waals surface area contributed by atoms with Gasteiger partial charge in [-0.3, -0.25) is 9.69 Å². The Balaban J connectivity index is 0.00000264. The van der Waals surface area contributed by atoms with E-state index in [4.69, 9.17) is 5.73 Å². The molecule has 1 aromatic rings. The highest BCUT2D eigenvalue weighted by Gasteiger charge is 2.34. The van der Waals surface area contributed by atoms with Crippen LogP contribution >= 0.6 is 24.8 Å². The van der Waals surface area contributed by atoms with E-state index in [0.717, 1.165) is 5.56 Å². The first-order valence-corrected chi connectivity index (χ1v) is 7.23. The molecule has 1 aliphatic heterocycles. The van der Waals surface area contributed by atoms with Crippen molar-refractivity contribution in [1.29, 1.82) is 0 Å². The lowest BCUT2D eigenvalue weighted by Crippen LogP contribution is -2.52. The molecule has 1 heterocycles. The van der Waals surface area contributed by atoms with Gasteiger partial charge in [0.2, 0.25) is 5.91 Å². The Hall–Kier alpha value is -1.02. The summed E-state index contributed by atoms with van der Waals surface area (Å²) >= 11 is 0. The second-order valence-electron chi connectivity index (χ2n) is 5.42. The van der Waals surface area contributed by atoms with Crippen LogP contribution in [0, 0.1) is 0 Å². The number of amides is 1. The molecule has 2 rings (SSSR count). The van der Waals surface area contributed by atoms with Gasteiger partial charge in [0.15, 0.2) is 0 Å². The highest BCUT2D eigenvalue weighted by molar-refractivity contribution is 5.85. The molecule has 1 atom stereocenters. The number of alkyl halides is 3. The fourth-order valence-electron chi connectivity index (χ4n) is 2.67. The normalized spacial score (nSPS) is 16.8. The monoisotopic (exact) mass is 387 g/mol. The lowest BCUT2D eigenvalue weighted by Gasteiger charge is -2.36. The molecule has 138 valence electrons. The van der Waals surface area contributed by atoms with Crippen molar-refractivity contribution in [1.82, 2.24) is 9.80 Å². The average molecular weight is 388 g/mol. The molecule has 0 bridgehead atoms. The fourth-order valence-corrected chi connectivity index (χ4v) is 2.67. The van der Waals surface area contributed by atoms with Gasteiger partial charge in [0, 0.05) is 32.7 Å². The summed E-state index contributed by atoms with van der Waals surface area (Å²) in [6, 6.07) is 9.22. The van der Waals surface area contributed by atoms with Gasteiger partial charge < -0.3 is 10.6 Å². The summed E-state index contributed by atoms with van der Waals surface area (Å²) < 4.78 is 37.1. The van der Waals surface area contributed by atoms with E-state index in [-0.39, 0.29) is 50.4 Å². The van der Waals surface area contributed by atoms with Crippen molar-refractivity contribution in [2.75, 3.05) is 39.3 Å². The van der Waals surface area contributed by atoms with Crippen LogP contribution in [0.4, 0.5) is 13.2 Å². The predicted octanol–water partition coefficient (Wildman–Crippen LogP) is 2.28. The fraction of sp³-hybridized carbons (Fsp3) is 0.533. The maximum atomic E-state index is 12.5. The highest BCUT2D eigenvalue weighted by Crippen LogP contribution is 2.20. The van der Waals surface area contributed by atoms with E-state index in [0.29, 0.717) is 13.1 Å². The molecule has 0 aromatic heterocycles. The van der Waals surface area contributed by atoms with Crippen LogP contribution < -0.4 is 5.73 Å². The first-order chi connectivity index (χ1) is 10.4. The van der Waals surface area contributed by atoms with Crippen LogP contribution in [0.1, 0.15) is 11.5 Å². The molecule has 2 N–H and O–H groups in total. The van der Waals surface area contributed by atoms with Gasteiger partial charge in [-0.05, 0) is 5.56 Å². The van der Waals surface area contributed by atoms with E-state index in [2.05, 4.69) is 0 Å². The second-order valence-corrected chi connectivity index (χ2v) is 5.42. The molecule has 24 heavy (non-hydrogen) atoms. The standard InChI is InChI=1S/C15H20F3N3O.2ClH/c16-15(17,18)11-20-6-8-21(9-7-20)14(22)13(10-19)12-4-2-1-3-5-12;;/h1-5,13H,6-11,19H2;2*1H. The Bertz CT molecular complexity index is 494. The van der Waals surface area contributed by atoms with E-state index in [1.165, 1.54) is 4.90 Å². The Kier molecular flexibility index (Phi) is 9.65. The van der Waals surface area contributed by atoms with E-state index >= 15 is 0 Å². The summed E-state index contributed by atoms with van der Waals surface area (Å²) in [7, 11) is 0. The van der Waals surface area contributed by atoms with Crippen molar-refractivity contribution < 1.29 is 18.0 Å². The van der Waals surface area contributed by atoms with Crippen LogP contribution in [-0.4, -0.2) is 61.2 Å². The van der Waals surface area contributed by atoms with Gasteiger partial charge in [-0.1, -0.05) is 30.3 Å². The van der Waals surface area contributed by atoms with Gasteiger partial charge >= 0.3 is 6.18 Å². The molecule has 1 aliphatic rings. The molecule has 0 radical (unpaired) electrons. The SMILES string of the molecule is Cl.Cl.NCC(C(=O)N1CCN(CC(F)(F)F)CC1)c1ccccc1. The van der Waals surface area contributed by atoms with Gasteiger partial charge in [-0.25, -0.2) is 0 Å². The number of benzene rings is 1. The number of nitrogens with two attached hydrogens (primary N) is 1. The first-order valence-electron chi connectivity index (χ1n) is 7.23. The van der Waals surface area contributed by atoms with Crippen LogP contribution in [0.2, 0.25) is 0 Å². The van der Waals surface area contributed by atoms with Crippen LogP contribution in [0.15, 0.2) is 30.3 Å². The second kappa shape index (κ2) is 10.1. The van der Waals surface area contributed by atoms with Crippen molar-refractivity contribution >= 4 is 30.7 Å². The number of carbonyl (C=O) groups is 1. The summed E-state index contributed by atoms with van der Waals surface area (Å²) in [6.45, 7) is 0.338. The third kappa shape index (κ3) is 6.47. The van der Waals surface area contributed by atoms with Crippen molar-refractivity contribution in [3.8, 4) is 0 Å². The summed E-state index contributed by atoms with van der Waals surface area (Å²) in [5.74, 6) is -0.546. The van der Waals surface area contributed by atoms with Crippen LogP contribution in [0.25, 0.3) is 0 Å². The maximum absolute atomic E-state index is 12.5. The molecule has 1 aromatic carbocycles. The lowest BCUT2D eigenvalue weighted by atomic mass is 9.97. The first kappa shape index (κ1) is 23.0. The van der Waals surface area contributed by atoms with Gasteiger partial charge in [0.25, 0.3) is 0 Å². The smallest absolute Gasteiger partial charge is 0.340 e. The van der Waals surface area contributed by atoms with Crippen molar-refractivity contribution in [2.45, 2.75) is 12.1 Å². The van der Waals surface area contributed by atoms with Crippen LogP contribution in [0.5, 0.6) is 0 Å². The molecule has 1 saturated heterocycles. The zero-order chi connectivity index (χ0) is 16.2. The molecule has 1 unspecified atom stereocenters. The molecular weight excluding hydrogens is 366 g/mol. The molecule has 9 heteroatoms. The summed E-state index contributed by atoms with van der Waals surface area (Å²) in [4.78, 5) is 15.5. The van der Waals surface area contributed by atoms with Crippen molar-refractivity contribution in [2.24, 2.45) is 5.73 Å². The number of carbonyl (C=O) groups excluding carboxylic acids is 1. The largest absolute Gasteiger partial charge is 0.401 e. The Morgan fingerprint density at radius 2 is 1.62 bits per heavy atom. The third-order valence-corrected chi connectivity index (χ3v) is 3.82. The number of hydrogen-bond donors (Lipinski definition) is 1. The minimum absolute atomic E-state index is 0. The lowest BCUT2D eigenvalue weighted by molar-refractivity contribution is -0.152. The number of nitrogens with zero attached hydrogens (tertiary/aromatic N) is 2. The molecule has 1 amide bonds. The van der Waals surface area contributed by atoms with Crippen molar-refractivity contribution in [3.63, 3.8) is 0 Å². The molecule has 4 nitrogen and oxygen atoms in total. The predicted molar refractivity (Wildman–Crippen MR) is 91.8 cm³/mol. The molecule has 1 fully saturated rings. The summed E-state index contributed by atoms with van der Waals surface area (Å²) in [5, 5.41) is 0. The number of rotatable bonds is 4. The minimum atomic E-state index is -4.20. The Morgan fingerprint density at radius 1 is 1.08 bits per heavy atom. The van der Waals surface area contributed by atoms with E-state index in [9.17, 15) is 18.0 Å². The van der Waals surface area contributed by atoms with Gasteiger partial charge in [0.05, 0.1) is 12.5 Å². The van der Waals surface area contributed by atoms with Gasteiger partial charge in [-0.2, -0.15) is 13.2 Å². The quantitative estimate of drug-likeness (QED) is 0.861. The summed E-state index contributed by atoms with van der Waals surface area (Å²) in [6.07, 6.45) is -4.20. The van der Waals surface area contributed by atoms with Gasteiger partial charge in [-0.15, -0.1) is 24.8 Å². The van der Waals surface area contributed by atoms with Crippen molar-refractivity contribution in [3.05, 3.63) is 35.9 Å². The number of piperazine rings is 1. The number of hydrogen-bond acceptors (Lipinski definition) is 3. The van der Waals surface area contributed by atoms with E-state index < -0.39 is 18.6 Å². The van der Waals surface area contributed by atoms with Crippen LogP contribution in [-0.2, 0) is 4.79 Å². The highest BCUT2D eigenvalue weighted by atomic mass is 35.5. The topological polar surface area (TPSA) is 49.6 Å². The maximum Gasteiger partial charge on any atom is 0.401 e. The molecule has 0 aliphatic carbocycles. The molecule has 0 saturated carbocycles. The van der Waals surface area contributed by atoms with Crippen LogP contribution in [0.3, 0.4) is 0 Å². The Morgan fingerprint density at radius 3 is 2.08 bits per heavy atom. The zero-order valence-electron chi connectivity index (χ0n) is 13.0. The minimum Gasteiger partial charge on any atom is -0.340 e. The summed E-state index contributed by atoms with van der Waals surface area (Å²) in [5.41, 5.74) is 6.56. The van der Waals surface area contributed by atoms with E-state index in [1.54, 1.807) is 4.90 Å². The average Bonchev–Trinajstić information content (AvgIpc) is 2.48. The Labute approximate surface area is 152 Å². The zero-order valence-corrected chi connectivity index (χ0v) is 14.7. The number of halogens is 5. The molecule has 0 spiro atoms. The van der Waals surface area contributed by atoms with Gasteiger partial charge in [0.1, 0.15) is 0 Å². The molecular formula is C15H22Cl2F3N3O. The van der Waals surface area contributed by atoms with E-state index in [1.807, 2.05) is 30.3 Å². The third-order valence-electron chi connectivity index (χ3n) is 3.82.